The number of fused-ring (bicyclic) bond motifs is 1. The molecule has 3 amide bonds. The van der Waals surface area contributed by atoms with Crippen molar-refractivity contribution in [1.29, 1.82) is 0 Å². The Bertz CT molecular complexity index is 577. The molecule has 2 aliphatic rings. The van der Waals surface area contributed by atoms with Gasteiger partial charge in [-0.25, -0.2) is 14.5 Å². The van der Waals surface area contributed by atoms with Crippen molar-refractivity contribution >= 4 is 35.4 Å². The topological polar surface area (TPSA) is 66.9 Å². The average molecular weight is 292 g/mol. The summed E-state index contributed by atoms with van der Waals surface area (Å²) in [6.07, 6.45) is 0. The second-order valence-electron chi connectivity index (χ2n) is 4.42. The van der Waals surface area contributed by atoms with Gasteiger partial charge in [-0.3, -0.25) is 9.69 Å². The maximum Gasteiger partial charge on any atom is 0.339 e. The number of carbonyl (C=O) groups excluding carboxylic acids is 3. The number of benzene rings is 1. The molecular weight excluding hydrogens is 280 g/mol. The van der Waals surface area contributed by atoms with E-state index >= 15 is 0 Å². The number of imide groups is 1. The van der Waals surface area contributed by atoms with E-state index in [4.69, 9.17) is 0 Å². The minimum atomic E-state index is -0.741. The number of carbonyl (C=O) groups is 3. The molecule has 0 N–H and O–H groups in total. The highest BCUT2D eigenvalue weighted by molar-refractivity contribution is 8.00. The number of esters is 1. The van der Waals surface area contributed by atoms with Gasteiger partial charge >= 0.3 is 12.0 Å². The third kappa shape index (κ3) is 1.77. The van der Waals surface area contributed by atoms with Crippen molar-refractivity contribution in [3.05, 3.63) is 30.3 Å². The number of urea groups is 1. The lowest BCUT2D eigenvalue weighted by Gasteiger charge is -2.20. The molecule has 0 spiro atoms. The molecule has 0 radical (unpaired) electrons. The highest BCUT2D eigenvalue weighted by Crippen LogP contribution is 2.37. The summed E-state index contributed by atoms with van der Waals surface area (Å²) in [6.45, 7) is 0. The molecule has 2 saturated heterocycles. The number of ether oxygens (including phenoxy) is 1. The predicted octanol–water partition coefficient (Wildman–Crippen LogP) is 1.07. The summed E-state index contributed by atoms with van der Waals surface area (Å²) < 4.78 is 4.68. The second-order valence-corrected chi connectivity index (χ2v) is 5.54. The zero-order chi connectivity index (χ0) is 14.3. The van der Waals surface area contributed by atoms with E-state index in [1.165, 1.54) is 23.8 Å². The van der Waals surface area contributed by atoms with E-state index in [1.807, 2.05) is 6.07 Å². The van der Waals surface area contributed by atoms with E-state index in [0.29, 0.717) is 11.4 Å². The molecule has 1 aromatic carbocycles. The number of thioether (sulfide) groups is 1. The van der Waals surface area contributed by atoms with Crippen LogP contribution in [-0.4, -0.2) is 47.1 Å². The van der Waals surface area contributed by atoms with Crippen LogP contribution in [0.15, 0.2) is 30.3 Å². The summed E-state index contributed by atoms with van der Waals surface area (Å²) in [5, 5.41) is -0.741. The van der Waals surface area contributed by atoms with Crippen molar-refractivity contribution in [1.82, 2.24) is 4.90 Å². The lowest BCUT2D eigenvalue weighted by Crippen LogP contribution is -2.41. The number of methoxy groups -OCH3 is 1. The largest absolute Gasteiger partial charge is 0.467 e. The predicted molar refractivity (Wildman–Crippen MR) is 73.2 cm³/mol. The first-order valence-electron chi connectivity index (χ1n) is 6.06. The van der Waals surface area contributed by atoms with Gasteiger partial charge in [0.1, 0.15) is 6.04 Å². The van der Waals surface area contributed by atoms with Crippen LogP contribution in [0.25, 0.3) is 0 Å². The van der Waals surface area contributed by atoms with Gasteiger partial charge in [-0.15, -0.1) is 11.8 Å². The van der Waals surface area contributed by atoms with Crippen LogP contribution in [0.5, 0.6) is 0 Å². The molecule has 7 heteroatoms. The molecule has 104 valence electrons. The van der Waals surface area contributed by atoms with Crippen LogP contribution in [-0.2, 0) is 14.3 Å². The number of para-hydroxylation sites is 1. The highest BCUT2D eigenvalue weighted by atomic mass is 32.2. The fourth-order valence-corrected chi connectivity index (χ4v) is 3.68. The molecule has 1 aromatic rings. The first kappa shape index (κ1) is 13.0. The second kappa shape index (κ2) is 4.82. The summed E-state index contributed by atoms with van der Waals surface area (Å²) >= 11 is 1.25. The van der Waals surface area contributed by atoms with Gasteiger partial charge in [-0.1, -0.05) is 18.2 Å². The minimum Gasteiger partial charge on any atom is -0.467 e. The normalized spacial score (nSPS) is 25.1. The number of hydrogen-bond donors (Lipinski definition) is 0. The van der Waals surface area contributed by atoms with Crippen molar-refractivity contribution in [2.24, 2.45) is 0 Å². The van der Waals surface area contributed by atoms with E-state index < -0.39 is 23.4 Å². The smallest absolute Gasteiger partial charge is 0.339 e. The molecule has 0 aliphatic carbocycles. The molecule has 0 unspecified atom stereocenters. The van der Waals surface area contributed by atoms with Crippen LogP contribution in [0.3, 0.4) is 0 Å². The lowest BCUT2D eigenvalue weighted by molar-refractivity contribution is -0.142. The number of anilines is 1. The Morgan fingerprint density at radius 3 is 2.65 bits per heavy atom. The summed E-state index contributed by atoms with van der Waals surface area (Å²) in [5.74, 6) is -0.387. The summed E-state index contributed by atoms with van der Waals surface area (Å²) in [7, 11) is 1.27. The molecule has 2 atom stereocenters. The van der Waals surface area contributed by atoms with Gasteiger partial charge in [0.05, 0.1) is 12.8 Å². The number of hydrogen-bond acceptors (Lipinski definition) is 5. The van der Waals surface area contributed by atoms with E-state index in [-0.39, 0.29) is 5.91 Å². The molecule has 20 heavy (non-hydrogen) atoms. The molecule has 2 heterocycles. The summed E-state index contributed by atoms with van der Waals surface area (Å²) in [5.41, 5.74) is 0.519. The van der Waals surface area contributed by atoms with E-state index in [0.717, 1.165) is 4.90 Å². The van der Waals surface area contributed by atoms with Crippen molar-refractivity contribution in [3.8, 4) is 0 Å². The molecule has 0 aromatic heterocycles. The van der Waals surface area contributed by atoms with Gasteiger partial charge in [0.25, 0.3) is 5.91 Å². The van der Waals surface area contributed by atoms with Crippen molar-refractivity contribution in [2.45, 2.75) is 11.4 Å². The third-order valence-corrected chi connectivity index (χ3v) is 4.58. The molecule has 2 fully saturated rings. The van der Waals surface area contributed by atoms with Gasteiger partial charge in [-0.2, -0.15) is 0 Å². The van der Waals surface area contributed by atoms with Gasteiger partial charge < -0.3 is 4.74 Å². The summed E-state index contributed by atoms with van der Waals surface area (Å²) in [4.78, 5) is 38.9. The Labute approximate surface area is 119 Å². The lowest BCUT2D eigenvalue weighted by atomic mass is 10.2. The molecular formula is C13H12N2O4S. The van der Waals surface area contributed by atoms with E-state index in [9.17, 15) is 14.4 Å². The molecule has 0 bridgehead atoms. The Morgan fingerprint density at radius 2 is 2.00 bits per heavy atom. The maximum atomic E-state index is 12.4. The molecule has 2 aliphatic heterocycles. The fraction of sp³-hybridized carbons (Fsp3) is 0.308. The number of rotatable bonds is 2. The summed E-state index contributed by atoms with van der Waals surface area (Å²) in [6, 6.07) is 7.65. The van der Waals surface area contributed by atoms with E-state index in [2.05, 4.69) is 4.74 Å². The Kier molecular flexibility index (Phi) is 3.13. The standard InChI is InChI=1S/C13H12N2O4S/c1-19-12(17)11-15-9(7-20-11)10(16)14(13(15)18)8-5-3-2-4-6-8/h2-6,9,11H,7H2,1H3/t9-,11-/m0/s1. The van der Waals surface area contributed by atoms with Crippen LogP contribution >= 0.6 is 11.8 Å². The monoisotopic (exact) mass is 292 g/mol. The number of nitrogens with zero attached hydrogens (tertiary/aromatic N) is 2. The van der Waals surface area contributed by atoms with Crippen LogP contribution in [0.4, 0.5) is 10.5 Å². The number of amides is 3. The van der Waals surface area contributed by atoms with Crippen molar-refractivity contribution < 1.29 is 19.1 Å². The van der Waals surface area contributed by atoms with Gasteiger partial charge in [0.2, 0.25) is 0 Å². The van der Waals surface area contributed by atoms with Gasteiger partial charge in [0.15, 0.2) is 5.37 Å². The zero-order valence-electron chi connectivity index (χ0n) is 10.7. The Hall–Kier alpha value is -2.02. The maximum absolute atomic E-state index is 12.4. The van der Waals surface area contributed by atoms with E-state index in [1.54, 1.807) is 24.3 Å². The molecule has 6 nitrogen and oxygen atoms in total. The molecule has 3 rings (SSSR count). The molecule has 0 saturated carbocycles. The van der Waals surface area contributed by atoms with Crippen LogP contribution in [0.1, 0.15) is 0 Å². The van der Waals surface area contributed by atoms with Crippen molar-refractivity contribution in [3.63, 3.8) is 0 Å². The Morgan fingerprint density at radius 1 is 1.30 bits per heavy atom. The van der Waals surface area contributed by atoms with Crippen LogP contribution < -0.4 is 4.90 Å². The minimum absolute atomic E-state index is 0.292. The average Bonchev–Trinajstić information content (AvgIpc) is 3.01. The SMILES string of the molecule is COC(=O)[C@@H]1SC[C@H]2C(=O)N(c3ccccc3)C(=O)N21. The first-order chi connectivity index (χ1) is 9.65. The van der Waals surface area contributed by atoms with Crippen LogP contribution in [0, 0.1) is 0 Å². The fourth-order valence-electron chi connectivity index (χ4n) is 2.39. The van der Waals surface area contributed by atoms with Crippen molar-refractivity contribution in [2.75, 3.05) is 17.8 Å². The third-order valence-electron chi connectivity index (χ3n) is 3.34. The van der Waals surface area contributed by atoms with Crippen LogP contribution in [0.2, 0.25) is 0 Å². The first-order valence-corrected chi connectivity index (χ1v) is 7.10. The highest BCUT2D eigenvalue weighted by Gasteiger charge is 2.55. The quantitative estimate of drug-likeness (QED) is 0.602. The Balaban J connectivity index is 1.94. The van der Waals surface area contributed by atoms with Gasteiger partial charge in [-0.05, 0) is 12.1 Å². The van der Waals surface area contributed by atoms with Gasteiger partial charge in [0, 0.05) is 5.75 Å². The zero-order valence-corrected chi connectivity index (χ0v) is 11.5.